The molecule has 0 spiro atoms. The number of imide groups is 1. The number of likely N-dealkylation sites (N-methyl/N-ethyl adjacent to an activating group) is 1. The van der Waals surface area contributed by atoms with Gasteiger partial charge in [0.1, 0.15) is 0 Å². The predicted molar refractivity (Wildman–Crippen MR) is 77.9 cm³/mol. The molecule has 1 aromatic rings. The van der Waals surface area contributed by atoms with Crippen molar-refractivity contribution in [1.82, 2.24) is 4.90 Å². The van der Waals surface area contributed by atoms with Crippen molar-refractivity contribution in [3.8, 4) is 0 Å². The zero-order valence-electron chi connectivity index (χ0n) is 11.9. The maximum atomic E-state index is 12.2. The second kappa shape index (κ2) is 6.48. The normalized spacial score (nSPS) is 15.3. The van der Waals surface area contributed by atoms with Crippen LogP contribution in [0.2, 0.25) is 0 Å². The highest BCUT2D eigenvalue weighted by atomic mass is 16.2. The van der Waals surface area contributed by atoms with Crippen LogP contribution in [0.1, 0.15) is 34.1 Å². The van der Waals surface area contributed by atoms with E-state index < -0.39 is 0 Å². The molecular weight excluding hydrogens is 252 g/mol. The Morgan fingerprint density at radius 3 is 2.30 bits per heavy atom. The smallest absolute Gasteiger partial charge is 0.261 e. The molecule has 2 amide bonds. The van der Waals surface area contributed by atoms with E-state index >= 15 is 0 Å². The molecule has 1 unspecified atom stereocenters. The van der Waals surface area contributed by atoms with Crippen molar-refractivity contribution in [3.05, 3.63) is 48.0 Å². The first kappa shape index (κ1) is 14.5. The van der Waals surface area contributed by atoms with Crippen LogP contribution < -0.4 is 4.90 Å². The first-order valence-electron chi connectivity index (χ1n) is 7.08. The van der Waals surface area contributed by atoms with E-state index in [4.69, 9.17) is 0 Å². The van der Waals surface area contributed by atoms with E-state index in [1.54, 1.807) is 24.3 Å². The average molecular weight is 273 g/mol. The summed E-state index contributed by atoms with van der Waals surface area (Å²) < 4.78 is 0. The largest absolute Gasteiger partial charge is 0.332 e. The van der Waals surface area contributed by atoms with Gasteiger partial charge < -0.3 is 4.90 Å². The Kier molecular flexibility index (Phi) is 4.69. The van der Waals surface area contributed by atoms with Crippen LogP contribution in [0.5, 0.6) is 0 Å². The van der Waals surface area contributed by atoms with Crippen molar-refractivity contribution in [2.75, 3.05) is 26.2 Å². The molecule has 0 bridgehead atoms. The number of nitrogens with zero attached hydrogens (tertiary/aromatic N) is 1. The molecule has 20 heavy (non-hydrogen) atoms. The van der Waals surface area contributed by atoms with Crippen molar-refractivity contribution >= 4 is 11.8 Å². The van der Waals surface area contributed by atoms with Gasteiger partial charge in [-0.15, -0.1) is 0 Å². The second-order valence-corrected chi connectivity index (χ2v) is 5.01. The third kappa shape index (κ3) is 2.80. The molecule has 1 N–H and O–H groups in total. The van der Waals surface area contributed by atoms with Crippen molar-refractivity contribution in [1.29, 1.82) is 0 Å². The molecule has 106 valence electrons. The summed E-state index contributed by atoms with van der Waals surface area (Å²) in [6.07, 6.45) is 2.73. The molecule has 1 aliphatic heterocycles. The fourth-order valence-corrected chi connectivity index (χ4v) is 2.56. The minimum absolute atomic E-state index is 0.160. The maximum Gasteiger partial charge on any atom is 0.261 e. The van der Waals surface area contributed by atoms with E-state index in [1.165, 1.54) is 9.80 Å². The molecule has 0 aliphatic carbocycles. The fraction of sp³-hybridized carbons (Fsp3) is 0.375. The summed E-state index contributed by atoms with van der Waals surface area (Å²) in [4.78, 5) is 27.1. The Bertz CT molecular complexity index is 490. The van der Waals surface area contributed by atoms with Gasteiger partial charge in [-0.2, -0.15) is 0 Å². The molecule has 4 heteroatoms. The molecule has 1 aromatic carbocycles. The van der Waals surface area contributed by atoms with E-state index in [-0.39, 0.29) is 11.8 Å². The van der Waals surface area contributed by atoms with Crippen molar-refractivity contribution in [3.63, 3.8) is 0 Å². The zero-order chi connectivity index (χ0) is 14.5. The number of nitrogens with one attached hydrogen (secondary N) is 1. The van der Waals surface area contributed by atoms with Crippen molar-refractivity contribution in [2.24, 2.45) is 0 Å². The highest BCUT2D eigenvalue weighted by Gasteiger charge is 2.34. The lowest BCUT2D eigenvalue weighted by Crippen LogP contribution is -3.11. The summed E-state index contributed by atoms with van der Waals surface area (Å²) >= 11 is 0. The predicted octanol–water partition coefficient (Wildman–Crippen LogP) is 0.763. The van der Waals surface area contributed by atoms with Gasteiger partial charge in [0.25, 0.3) is 11.8 Å². The fourth-order valence-electron chi connectivity index (χ4n) is 2.56. The third-order valence-electron chi connectivity index (χ3n) is 3.72. The first-order valence-corrected chi connectivity index (χ1v) is 7.08. The lowest BCUT2D eigenvalue weighted by molar-refractivity contribution is -0.892. The van der Waals surface area contributed by atoms with Crippen molar-refractivity contribution < 1.29 is 14.5 Å². The van der Waals surface area contributed by atoms with Gasteiger partial charge in [-0.1, -0.05) is 18.7 Å². The molecule has 0 aromatic heterocycles. The van der Waals surface area contributed by atoms with Crippen LogP contribution in [0, 0.1) is 0 Å². The average Bonchev–Trinajstić information content (AvgIpc) is 2.71. The Hall–Kier alpha value is -1.94. The number of quaternary nitrogens is 1. The highest BCUT2D eigenvalue weighted by molar-refractivity contribution is 6.21. The Morgan fingerprint density at radius 2 is 1.80 bits per heavy atom. The van der Waals surface area contributed by atoms with Gasteiger partial charge >= 0.3 is 0 Å². The molecule has 0 saturated carbocycles. The van der Waals surface area contributed by atoms with Crippen LogP contribution >= 0.6 is 0 Å². The Morgan fingerprint density at radius 1 is 1.20 bits per heavy atom. The van der Waals surface area contributed by atoms with E-state index in [1.807, 2.05) is 6.08 Å². The molecule has 0 radical (unpaired) electrons. The van der Waals surface area contributed by atoms with E-state index in [2.05, 4.69) is 13.5 Å². The SMILES string of the molecule is C=CC[NH+](CC)CCCN1C(=O)c2ccccc2C1=O. The van der Waals surface area contributed by atoms with Gasteiger partial charge in [-0.25, -0.2) is 0 Å². The van der Waals surface area contributed by atoms with Gasteiger partial charge in [0, 0.05) is 13.0 Å². The first-order chi connectivity index (χ1) is 9.69. The molecular formula is C16H21N2O2+. The van der Waals surface area contributed by atoms with Crippen LogP contribution in [0.3, 0.4) is 0 Å². The lowest BCUT2D eigenvalue weighted by atomic mass is 10.1. The standard InChI is InChI=1S/C16H20N2O2/c1-3-10-17(4-2)11-7-12-18-15(19)13-8-5-6-9-14(13)16(18)20/h3,5-6,8-9H,1,4,7,10-12H2,2H3/p+1. The zero-order valence-corrected chi connectivity index (χ0v) is 11.9. The molecule has 1 aliphatic rings. The summed E-state index contributed by atoms with van der Waals surface area (Å²) in [7, 11) is 0. The number of carbonyl (C=O) groups excluding carboxylic acids is 2. The summed E-state index contributed by atoms with van der Waals surface area (Å²) in [5.41, 5.74) is 1.06. The number of carbonyl (C=O) groups is 2. The second-order valence-electron chi connectivity index (χ2n) is 5.01. The molecule has 0 saturated heterocycles. The lowest BCUT2D eigenvalue weighted by Gasteiger charge is -2.18. The topological polar surface area (TPSA) is 41.8 Å². The molecule has 1 atom stereocenters. The van der Waals surface area contributed by atoms with Crippen LogP contribution in [-0.2, 0) is 0 Å². The highest BCUT2D eigenvalue weighted by Crippen LogP contribution is 2.22. The van der Waals surface area contributed by atoms with Gasteiger partial charge in [-0.05, 0) is 25.1 Å². The number of benzene rings is 1. The molecule has 0 fully saturated rings. The minimum atomic E-state index is -0.160. The van der Waals surface area contributed by atoms with Gasteiger partial charge in [0.2, 0.25) is 0 Å². The number of amides is 2. The quantitative estimate of drug-likeness (QED) is 0.589. The van der Waals surface area contributed by atoms with E-state index in [9.17, 15) is 9.59 Å². The monoisotopic (exact) mass is 273 g/mol. The van der Waals surface area contributed by atoms with Crippen LogP contribution in [0.4, 0.5) is 0 Å². The van der Waals surface area contributed by atoms with Gasteiger partial charge in [-0.3, -0.25) is 14.5 Å². The molecule has 2 rings (SSSR count). The van der Waals surface area contributed by atoms with E-state index in [0.29, 0.717) is 17.7 Å². The number of rotatable bonds is 7. The number of hydrogen-bond donors (Lipinski definition) is 1. The van der Waals surface area contributed by atoms with Gasteiger partial charge in [0.15, 0.2) is 0 Å². The third-order valence-corrected chi connectivity index (χ3v) is 3.72. The Labute approximate surface area is 119 Å². The van der Waals surface area contributed by atoms with Gasteiger partial charge in [0.05, 0.1) is 30.8 Å². The number of hydrogen-bond acceptors (Lipinski definition) is 2. The van der Waals surface area contributed by atoms with Crippen molar-refractivity contribution in [2.45, 2.75) is 13.3 Å². The van der Waals surface area contributed by atoms with Crippen LogP contribution in [0.15, 0.2) is 36.9 Å². The molecule has 4 nitrogen and oxygen atoms in total. The van der Waals surface area contributed by atoms with Crippen LogP contribution in [-0.4, -0.2) is 42.9 Å². The summed E-state index contributed by atoms with van der Waals surface area (Å²) in [5.74, 6) is -0.320. The Balaban J connectivity index is 1.94. The minimum Gasteiger partial charge on any atom is -0.332 e. The summed E-state index contributed by atoms with van der Waals surface area (Å²) in [5, 5.41) is 0. The number of fused-ring (bicyclic) bond motifs is 1. The summed E-state index contributed by atoms with van der Waals surface area (Å²) in [6, 6.07) is 7.02. The molecule has 1 heterocycles. The maximum absolute atomic E-state index is 12.2. The van der Waals surface area contributed by atoms with Crippen LogP contribution in [0.25, 0.3) is 0 Å². The van der Waals surface area contributed by atoms with E-state index in [0.717, 1.165) is 26.1 Å². The summed E-state index contributed by atoms with van der Waals surface area (Å²) in [6.45, 7) is 9.24.